The highest BCUT2D eigenvalue weighted by molar-refractivity contribution is 9.10. The number of carbonyl (C=O) groups is 1. The standard InChI is InChI=1S/C18H21BrN2O3/c1-12-4-5-13(10-15(12)19)21-18(22)8-9-20-16-7-6-14(23-2)11-17(16)24-3/h4-7,10-11,20H,8-9H2,1-3H3,(H,21,22). The Morgan fingerprint density at radius 1 is 1.12 bits per heavy atom. The Labute approximate surface area is 150 Å². The molecule has 0 aromatic heterocycles. The number of amides is 1. The largest absolute Gasteiger partial charge is 0.497 e. The Morgan fingerprint density at radius 2 is 1.92 bits per heavy atom. The third kappa shape index (κ3) is 4.89. The smallest absolute Gasteiger partial charge is 0.226 e. The van der Waals surface area contributed by atoms with Gasteiger partial charge >= 0.3 is 0 Å². The lowest BCUT2D eigenvalue weighted by molar-refractivity contribution is -0.115. The lowest BCUT2D eigenvalue weighted by Gasteiger charge is -2.12. The molecule has 0 aliphatic heterocycles. The van der Waals surface area contributed by atoms with Crippen molar-refractivity contribution in [3.05, 3.63) is 46.4 Å². The van der Waals surface area contributed by atoms with E-state index in [4.69, 9.17) is 9.47 Å². The van der Waals surface area contributed by atoms with Gasteiger partial charge in [-0.2, -0.15) is 0 Å². The Balaban J connectivity index is 1.87. The van der Waals surface area contributed by atoms with Gasteiger partial charge in [0.15, 0.2) is 0 Å². The molecule has 2 aromatic carbocycles. The van der Waals surface area contributed by atoms with Gasteiger partial charge in [0.2, 0.25) is 5.91 Å². The van der Waals surface area contributed by atoms with Gasteiger partial charge in [-0.15, -0.1) is 0 Å². The zero-order valence-electron chi connectivity index (χ0n) is 14.0. The van der Waals surface area contributed by atoms with E-state index >= 15 is 0 Å². The number of benzene rings is 2. The average molecular weight is 393 g/mol. The number of anilines is 2. The predicted molar refractivity (Wildman–Crippen MR) is 100 cm³/mol. The fraction of sp³-hybridized carbons (Fsp3) is 0.278. The van der Waals surface area contributed by atoms with Crippen LogP contribution in [0.25, 0.3) is 0 Å². The SMILES string of the molecule is COc1ccc(NCCC(=O)Nc2ccc(C)c(Br)c2)c(OC)c1. The van der Waals surface area contributed by atoms with Crippen LogP contribution < -0.4 is 20.1 Å². The van der Waals surface area contributed by atoms with Gasteiger partial charge in [-0.05, 0) is 36.8 Å². The van der Waals surface area contributed by atoms with E-state index in [1.807, 2.05) is 37.3 Å². The maximum absolute atomic E-state index is 12.0. The number of halogens is 1. The van der Waals surface area contributed by atoms with Crippen LogP contribution in [0, 0.1) is 6.92 Å². The monoisotopic (exact) mass is 392 g/mol. The van der Waals surface area contributed by atoms with Gasteiger partial charge in [-0.25, -0.2) is 0 Å². The van der Waals surface area contributed by atoms with Crippen molar-refractivity contribution >= 4 is 33.2 Å². The van der Waals surface area contributed by atoms with Gasteiger partial charge in [0, 0.05) is 29.2 Å². The third-order valence-electron chi connectivity index (χ3n) is 3.53. The molecule has 5 nitrogen and oxygen atoms in total. The van der Waals surface area contributed by atoms with Crippen LogP contribution in [-0.4, -0.2) is 26.7 Å². The number of hydrogen-bond donors (Lipinski definition) is 2. The summed E-state index contributed by atoms with van der Waals surface area (Å²) in [6.45, 7) is 2.50. The third-order valence-corrected chi connectivity index (χ3v) is 4.39. The lowest BCUT2D eigenvalue weighted by atomic mass is 10.2. The summed E-state index contributed by atoms with van der Waals surface area (Å²) >= 11 is 3.46. The van der Waals surface area contributed by atoms with Gasteiger partial charge in [-0.3, -0.25) is 4.79 Å². The maximum Gasteiger partial charge on any atom is 0.226 e. The first-order valence-corrected chi connectivity index (χ1v) is 8.34. The van der Waals surface area contributed by atoms with Gasteiger partial charge in [0.1, 0.15) is 11.5 Å². The zero-order valence-corrected chi connectivity index (χ0v) is 15.6. The number of rotatable bonds is 7. The summed E-state index contributed by atoms with van der Waals surface area (Å²) in [6.07, 6.45) is 0.348. The van der Waals surface area contributed by atoms with Crippen molar-refractivity contribution in [2.75, 3.05) is 31.4 Å². The van der Waals surface area contributed by atoms with E-state index in [0.717, 1.165) is 27.2 Å². The lowest BCUT2D eigenvalue weighted by Crippen LogP contribution is -2.16. The summed E-state index contributed by atoms with van der Waals surface area (Å²) in [5.41, 5.74) is 2.73. The number of aryl methyl sites for hydroxylation is 1. The molecule has 0 aliphatic rings. The van der Waals surface area contributed by atoms with Crippen molar-refractivity contribution < 1.29 is 14.3 Å². The van der Waals surface area contributed by atoms with Crippen molar-refractivity contribution in [3.63, 3.8) is 0 Å². The topological polar surface area (TPSA) is 59.6 Å². The second-order valence-electron chi connectivity index (χ2n) is 5.26. The minimum Gasteiger partial charge on any atom is -0.497 e. The van der Waals surface area contributed by atoms with Crippen molar-refractivity contribution in [1.82, 2.24) is 0 Å². The molecule has 2 aromatic rings. The Morgan fingerprint density at radius 3 is 2.58 bits per heavy atom. The summed E-state index contributed by atoms with van der Waals surface area (Å²) in [5.74, 6) is 1.35. The molecule has 1 amide bonds. The molecular formula is C18H21BrN2O3. The highest BCUT2D eigenvalue weighted by atomic mass is 79.9. The van der Waals surface area contributed by atoms with E-state index in [1.54, 1.807) is 20.3 Å². The maximum atomic E-state index is 12.0. The van der Waals surface area contributed by atoms with Crippen LogP contribution in [0.15, 0.2) is 40.9 Å². The molecule has 0 aliphatic carbocycles. The molecule has 2 N–H and O–H groups in total. The molecule has 0 spiro atoms. The molecule has 128 valence electrons. The van der Waals surface area contributed by atoms with E-state index < -0.39 is 0 Å². The van der Waals surface area contributed by atoms with Gasteiger partial charge in [-0.1, -0.05) is 22.0 Å². The molecule has 0 atom stereocenters. The van der Waals surface area contributed by atoms with Crippen molar-refractivity contribution in [1.29, 1.82) is 0 Å². The Bertz CT molecular complexity index is 719. The molecule has 0 radical (unpaired) electrons. The second-order valence-corrected chi connectivity index (χ2v) is 6.11. The zero-order chi connectivity index (χ0) is 17.5. The molecule has 0 saturated heterocycles. The first-order valence-electron chi connectivity index (χ1n) is 7.55. The Kier molecular flexibility index (Phi) is 6.49. The van der Waals surface area contributed by atoms with Crippen LogP contribution in [0.3, 0.4) is 0 Å². The molecule has 0 fully saturated rings. The predicted octanol–water partition coefficient (Wildman–Crippen LogP) is 4.22. The molecular weight excluding hydrogens is 372 g/mol. The normalized spacial score (nSPS) is 10.2. The highest BCUT2D eigenvalue weighted by Crippen LogP contribution is 2.28. The average Bonchev–Trinajstić information content (AvgIpc) is 2.58. The molecule has 0 heterocycles. The first kappa shape index (κ1) is 18.1. The summed E-state index contributed by atoms with van der Waals surface area (Å²) in [7, 11) is 3.21. The van der Waals surface area contributed by atoms with Gasteiger partial charge < -0.3 is 20.1 Å². The van der Waals surface area contributed by atoms with Crippen molar-refractivity contribution in [2.24, 2.45) is 0 Å². The van der Waals surface area contributed by atoms with Crippen LogP contribution in [0.4, 0.5) is 11.4 Å². The van der Waals surface area contributed by atoms with Crippen LogP contribution in [0.5, 0.6) is 11.5 Å². The number of hydrogen-bond acceptors (Lipinski definition) is 4. The van der Waals surface area contributed by atoms with Crippen LogP contribution in [-0.2, 0) is 4.79 Å². The number of methoxy groups -OCH3 is 2. The minimum atomic E-state index is -0.0502. The molecule has 6 heteroatoms. The molecule has 0 bridgehead atoms. The number of ether oxygens (including phenoxy) is 2. The summed E-state index contributed by atoms with van der Waals surface area (Å²) in [6, 6.07) is 11.2. The van der Waals surface area contributed by atoms with Gasteiger partial charge in [0.05, 0.1) is 19.9 Å². The van der Waals surface area contributed by atoms with Crippen molar-refractivity contribution in [3.8, 4) is 11.5 Å². The van der Waals surface area contributed by atoms with E-state index in [1.165, 1.54) is 0 Å². The highest BCUT2D eigenvalue weighted by Gasteiger charge is 2.07. The molecule has 2 rings (SSSR count). The first-order chi connectivity index (χ1) is 11.5. The fourth-order valence-electron chi connectivity index (χ4n) is 2.15. The summed E-state index contributed by atoms with van der Waals surface area (Å²) < 4.78 is 11.5. The fourth-order valence-corrected chi connectivity index (χ4v) is 2.53. The van der Waals surface area contributed by atoms with Crippen LogP contribution >= 0.6 is 15.9 Å². The van der Waals surface area contributed by atoms with Gasteiger partial charge in [0.25, 0.3) is 0 Å². The quantitative estimate of drug-likeness (QED) is 0.740. The summed E-state index contributed by atoms with van der Waals surface area (Å²) in [4.78, 5) is 12.0. The van der Waals surface area contributed by atoms with Crippen LogP contribution in [0.1, 0.15) is 12.0 Å². The number of nitrogens with one attached hydrogen (secondary N) is 2. The minimum absolute atomic E-state index is 0.0502. The molecule has 0 unspecified atom stereocenters. The van der Waals surface area contributed by atoms with Crippen molar-refractivity contribution in [2.45, 2.75) is 13.3 Å². The number of carbonyl (C=O) groups excluding carboxylic acids is 1. The molecule has 24 heavy (non-hydrogen) atoms. The summed E-state index contributed by atoms with van der Waals surface area (Å²) in [5, 5.41) is 6.08. The second kappa shape index (κ2) is 8.59. The van der Waals surface area contributed by atoms with E-state index in [9.17, 15) is 4.79 Å². The van der Waals surface area contributed by atoms with Crippen LogP contribution in [0.2, 0.25) is 0 Å². The van der Waals surface area contributed by atoms with E-state index in [-0.39, 0.29) is 5.91 Å². The van der Waals surface area contributed by atoms with E-state index in [2.05, 4.69) is 26.6 Å². The van der Waals surface area contributed by atoms with E-state index in [0.29, 0.717) is 18.7 Å². The molecule has 0 saturated carbocycles. The Hall–Kier alpha value is -2.21.